The van der Waals surface area contributed by atoms with Crippen LogP contribution in [0.1, 0.15) is 13.8 Å². The van der Waals surface area contributed by atoms with Gasteiger partial charge in [0.1, 0.15) is 0 Å². The van der Waals surface area contributed by atoms with Gasteiger partial charge in [-0.25, -0.2) is 0 Å². The Balaban J connectivity index is 3.78. The molecular formula is C7H17NOS. The molecule has 0 amide bonds. The second-order valence-corrected chi connectivity index (χ2v) is 4.20. The molecule has 10 heavy (non-hydrogen) atoms. The predicted molar refractivity (Wildman–Crippen MR) is 47.3 cm³/mol. The smallest absolute Gasteiger partial charge is 0.0608 e. The van der Waals surface area contributed by atoms with Gasteiger partial charge in [-0.05, 0) is 27.2 Å². The van der Waals surface area contributed by atoms with Crippen LogP contribution in [0, 0.1) is 0 Å². The number of likely N-dealkylation sites (N-methyl/N-ethyl adjacent to an activating group) is 1. The zero-order valence-electron chi connectivity index (χ0n) is 7.22. The Morgan fingerprint density at radius 1 is 1.50 bits per heavy atom. The van der Waals surface area contributed by atoms with E-state index in [9.17, 15) is 0 Å². The minimum Gasteiger partial charge on any atom is -0.395 e. The van der Waals surface area contributed by atoms with Gasteiger partial charge in [-0.15, -0.1) is 11.8 Å². The molecule has 0 heterocycles. The van der Waals surface area contributed by atoms with Gasteiger partial charge in [0, 0.05) is 6.54 Å². The third-order valence-electron chi connectivity index (χ3n) is 1.85. The van der Waals surface area contributed by atoms with Gasteiger partial charge in [0.25, 0.3) is 0 Å². The molecule has 62 valence electrons. The van der Waals surface area contributed by atoms with Gasteiger partial charge in [0.05, 0.1) is 11.5 Å². The van der Waals surface area contributed by atoms with Crippen molar-refractivity contribution in [1.82, 2.24) is 4.90 Å². The lowest BCUT2D eigenvalue weighted by Gasteiger charge is -2.33. The van der Waals surface area contributed by atoms with Crippen molar-refractivity contribution in [3.63, 3.8) is 0 Å². The second-order valence-electron chi connectivity index (χ2n) is 2.80. The summed E-state index contributed by atoms with van der Waals surface area (Å²) in [5.41, 5.74) is 0. The van der Waals surface area contributed by atoms with Crippen LogP contribution in [-0.4, -0.2) is 41.3 Å². The van der Waals surface area contributed by atoms with Crippen molar-refractivity contribution in [1.29, 1.82) is 0 Å². The summed E-state index contributed by atoms with van der Waals surface area (Å²) in [5, 5.41) is 8.64. The minimum absolute atomic E-state index is 0.142. The summed E-state index contributed by atoms with van der Waals surface area (Å²) in [4.78, 5) is 2.28. The molecule has 0 aliphatic carbocycles. The molecule has 0 aliphatic heterocycles. The standard InChI is InChI=1S/C7H17NOS/c1-7(2,10-4)8(3)5-6-9/h9H,5-6H2,1-4H3. The molecule has 0 saturated heterocycles. The van der Waals surface area contributed by atoms with Crippen molar-refractivity contribution in [3.05, 3.63) is 0 Å². The molecule has 0 rings (SSSR count). The van der Waals surface area contributed by atoms with Crippen molar-refractivity contribution >= 4 is 11.8 Å². The normalized spacial score (nSPS) is 12.6. The van der Waals surface area contributed by atoms with Crippen molar-refractivity contribution in [3.8, 4) is 0 Å². The Morgan fingerprint density at radius 2 is 2.00 bits per heavy atom. The maximum absolute atomic E-state index is 8.64. The molecule has 2 nitrogen and oxygen atoms in total. The molecular weight excluding hydrogens is 146 g/mol. The number of aliphatic hydroxyl groups is 1. The zero-order valence-corrected chi connectivity index (χ0v) is 8.03. The summed E-state index contributed by atoms with van der Waals surface area (Å²) < 4.78 is 0. The summed E-state index contributed by atoms with van der Waals surface area (Å²) in [7, 11) is 2.02. The van der Waals surface area contributed by atoms with Gasteiger partial charge in [0.15, 0.2) is 0 Å². The van der Waals surface area contributed by atoms with E-state index >= 15 is 0 Å². The van der Waals surface area contributed by atoms with Gasteiger partial charge < -0.3 is 5.11 Å². The molecule has 0 spiro atoms. The van der Waals surface area contributed by atoms with Crippen LogP contribution < -0.4 is 0 Å². The first-order valence-electron chi connectivity index (χ1n) is 3.42. The number of rotatable bonds is 4. The van der Waals surface area contributed by atoms with E-state index < -0.39 is 0 Å². The highest BCUT2D eigenvalue weighted by molar-refractivity contribution is 7.99. The van der Waals surface area contributed by atoms with Crippen LogP contribution in [0.25, 0.3) is 0 Å². The summed E-state index contributed by atoms with van der Waals surface area (Å²) >= 11 is 1.79. The van der Waals surface area contributed by atoms with E-state index in [0.717, 1.165) is 6.54 Å². The maximum Gasteiger partial charge on any atom is 0.0608 e. The molecule has 0 radical (unpaired) electrons. The molecule has 0 aromatic carbocycles. The molecule has 0 atom stereocenters. The Morgan fingerprint density at radius 3 is 2.30 bits per heavy atom. The van der Waals surface area contributed by atoms with Crippen LogP contribution in [0.3, 0.4) is 0 Å². The third kappa shape index (κ3) is 2.90. The summed E-state index contributed by atoms with van der Waals surface area (Å²) in [5.74, 6) is 0. The first-order chi connectivity index (χ1) is 4.54. The summed E-state index contributed by atoms with van der Waals surface area (Å²) in [6.07, 6.45) is 2.08. The average molecular weight is 163 g/mol. The van der Waals surface area contributed by atoms with Crippen LogP contribution in [0.5, 0.6) is 0 Å². The lowest BCUT2D eigenvalue weighted by molar-refractivity contribution is 0.180. The number of aliphatic hydroxyl groups excluding tert-OH is 1. The van der Waals surface area contributed by atoms with E-state index in [1.807, 2.05) is 7.05 Å². The second kappa shape index (κ2) is 4.21. The average Bonchev–Trinajstić information content (AvgIpc) is 1.89. The highest BCUT2D eigenvalue weighted by Gasteiger charge is 2.20. The fraction of sp³-hybridized carbons (Fsp3) is 1.00. The zero-order chi connectivity index (χ0) is 8.20. The fourth-order valence-corrected chi connectivity index (χ4v) is 0.978. The molecule has 3 heteroatoms. The molecule has 0 aromatic heterocycles. The molecule has 0 saturated carbocycles. The van der Waals surface area contributed by atoms with E-state index in [1.54, 1.807) is 11.8 Å². The van der Waals surface area contributed by atoms with E-state index in [1.165, 1.54) is 0 Å². The maximum atomic E-state index is 8.64. The number of nitrogens with zero attached hydrogens (tertiary/aromatic N) is 1. The summed E-state index contributed by atoms with van der Waals surface area (Å²) in [6, 6.07) is 0. The number of thioether (sulfide) groups is 1. The monoisotopic (exact) mass is 163 g/mol. The van der Waals surface area contributed by atoms with Crippen molar-refractivity contribution in [2.45, 2.75) is 18.7 Å². The highest BCUT2D eigenvalue weighted by Crippen LogP contribution is 2.23. The lowest BCUT2D eigenvalue weighted by atomic mass is 10.3. The Kier molecular flexibility index (Phi) is 4.32. The predicted octanol–water partition coefficient (Wildman–Crippen LogP) is 1.01. The third-order valence-corrected chi connectivity index (χ3v) is 3.16. The van der Waals surface area contributed by atoms with E-state index in [2.05, 4.69) is 25.0 Å². The fourth-order valence-electron chi connectivity index (χ4n) is 0.575. The van der Waals surface area contributed by atoms with Gasteiger partial charge in [-0.1, -0.05) is 0 Å². The topological polar surface area (TPSA) is 23.5 Å². The van der Waals surface area contributed by atoms with Gasteiger partial charge in [-0.2, -0.15) is 0 Å². The quantitative estimate of drug-likeness (QED) is 0.626. The Bertz CT molecular complexity index is 95.6. The Labute approximate surface area is 67.6 Å². The molecule has 0 unspecified atom stereocenters. The summed E-state index contributed by atoms with van der Waals surface area (Å²) in [6.45, 7) is 5.27. The van der Waals surface area contributed by atoms with Crippen molar-refractivity contribution in [2.75, 3.05) is 26.5 Å². The van der Waals surface area contributed by atoms with E-state index in [0.29, 0.717) is 0 Å². The molecule has 0 aliphatic rings. The SMILES string of the molecule is CSC(C)(C)N(C)CCO. The van der Waals surface area contributed by atoms with Crippen LogP contribution in [0.15, 0.2) is 0 Å². The van der Waals surface area contributed by atoms with Crippen molar-refractivity contribution in [2.24, 2.45) is 0 Å². The molecule has 1 N–H and O–H groups in total. The highest BCUT2D eigenvalue weighted by atomic mass is 32.2. The number of hydrogen-bond donors (Lipinski definition) is 1. The lowest BCUT2D eigenvalue weighted by Crippen LogP contribution is -2.39. The molecule has 0 aromatic rings. The Hall–Kier alpha value is 0.270. The largest absolute Gasteiger partial charge is 0.395 e. The van der Waals surface area contributed by atoms with Gasteiger partial charge in [-0.3, -0.25) is 4.90 Å². The van der Waals surface area contributed by atoms with Crippen LogP contribution in [0.2, 0.25) is 0 Å². The molecule has 0 fully saturated rings. The van der Waals surface area contributed by atoms with E-state index in [4.69, 9.17) is 5.11 Å². The van der Waals surface area contributed by atoms with Crippen molar-refractivity contribution < 1.29 is 5.11 Å². The first kappa shape index (κ1) is 10.3. The van der Waals surface area contributed by atoms with Crippen LogP contribution in [-0.2, 0) is 0 Å². The van der Waals surface area contributed by atoms with E-state index in [-0.39, 0.29) is 11.5 Å². The van der Waals surface area contributed by atoms with Crippen LogP contribution in [0.4, 0.5) is 0 Å². The molecule has 0 bridgehead atoms. The van der Waals surface area contributed by atoms with Gasteiger partial charge >= 0.3 is 0 Å². The van der Waals surface area contributed by atoms with Gasteiger partial charge in [0.2, 0.25) is 0 Å². The van der Waals surface area contributed by atoms with Crippen LogP contribution >= 0.6 is 11.8 Å². The first-order valence-corrected chi connectivity index (χ1v) is 4.64. The number of hydrogen-bond acceptors (Lipinski definition) is 3. The minimum atomic E-state index is 0.142.